The molecule has 1 heterocycles. The summed E-state index contributed by atoms with van der Waals surface area (Å²) >= 11 is 0. The summed E-state index contributed by atoms with van der Waals surface area (Å²) in [4.78, 5) is 26.5. The number of benzene rings is 2. The molecule has 5 nitrogen and oxygen atoms in total. The number of hydrogen-bond donors (Lipinski definition) is 2. The Hall–Kier alpha value is -2.82. The highest BCUT2D eigenvalue weighted by atomic mass is 16.2. The van der Waals surface area contributed by atoms with Crippen molar-refractivity contribution < 1.29 is 9.59 Å². The first-order valence-electron chi connectivity index (χ1n) is 9.16. The summed E-state index contributed by atoms with van der Waals surface area (Å²) in [6.45, 7) is 4.04. The van der Waals surface area contributed by atoms with Crippen molar-refractivity contribution in [1.29, 1.82) is 0 Å². The molecule has 136 valence electrons. The lowest BCUT2D eigenvalue weighted by Gasteiger charge is -2.33. The number of anilines is 1. The van der Waals surface area contributed by atoms with Crippen molar-refractivity contribution in [1.82, 2.24) is 10.2 Å². The summed E-state index contributed by atoms with van der Waals surface area (Å²) in [5.74, 6) is 0.144. The molecule has 2 N–H and O–H groups in total. The van der Waals surface area contributed by atoms with E-state index in [1.165, 1.54) is 0 Å². The number of nitrogens with one attached hydrogen (secondary N) is 2. The summed E-state index contributed by atoms with van der Waals surface area (Å²) in [5.41, 5.74) is 2.53. The third-order valence-corrected chi connectivity index (χ3v) is 4.69. The topological polar surface area (TPSA) is 61.4 Å². The number of amides is 3. The Balaban J connectivity index is 1.70. The molecular formula is C21H25N3O2. The maximum absolute atomic E-state index is 12.5. The fourth-order valence-corrected chi connectivity index (χ4v) is 3.36. The number of para-hydroxylation sites is 1. The van der Waals surface area contributed by atoms with Crippen LogP contribution in [0.3, 0.4) is 0 Å². The van der Waals surface area contributed by atoms with E-state index in [0.29, 0.717) is 18.7 Å². The molecule has 0 unspecified atom stereocenters. The molecule has 0 spiro atoms. The summed E-state index contributed by atoms with van der Waals surface area (Å²) < 4.78 is 0. The third kappa shape index (κ3) is 4.42. The zero-order valence-corrected chi connectivity index (χ0v) is 15.1. The second kappa shape index (κ2) is 8.52. The van der Waals surface area contributed by atoms with Crippen LogP contribution in [0.5, 0.6) is 0 Å². The normalized spacial score (nSPS) is 16.8. The molecule has 1 atom stereocenters. The third-order valence-electron chi connectivity index (χ3n) is 4.69. The summed E-state index contributed by atoms with van der Waals surface area (Å²) in [6.07, 6.45) is 2.00. The predicted molar refractivity (Wildman–Crippen MR) is 103 cm³/mol. The number of nitrogens with zero attached hydrogens (tertiary/aromatic N) is 1. The van der Waals surface area contributed by atoms with Crippen molar-refractivity contribution in [3.05, 3.63) is 65.7 Å². The van der Waals surface area contributed by atoms with E-state index in [1.54, 1.807) is 0 Å². The van der Waals surface area contributed by atoms with E-state index in [0.717, 1.165) is 30.6 Å². The van der Waals surface area contributed by atoms with Crippen LogP contribution in [-0.4, -0.2) is 36.5 Å². The Bertz CT molecular complexity index is 761. The minimum atomic E-state index is -0.116. The van der Waals surface area contributed by atoms with Crippen molar-refractivity contribution in [2.45, 2.75) is 25.7 Å². The van der Waals surface area contributed by atoms with Gasteiger partial charge in [-0.3, -0.25) is 4.79 Å². The molecule has 0 aromatic heterocycles. The molecule has 0 saturated carbocycles. The van der Waals surface area contributed by atoms with Gasteiger partial charge < -0.3 is 15.5 Å². The SMILES string of the molecule is CCNC(=O)N1CCC[C@@H](c2cccc(C(=O)Nc3ccccc3)c2)C1. The smallest absolute Gasteiger partial charge is 0.317 e. The fourth-order valence-electron chi connectivity index (χ4n) is 3.36. The van der Waals surface area contributed by atoms with Gasteiger partial charge in [0.15, 0.2) is 0 Å². The summed E-state index contributed by atoms with van der Waals surface area (Å²) in [5, 5.41) is 5.79. The standard InChI is InChI=1S/C21H25N3O2/c1-2-22-21(26)24-13-7-10-18(15-24)16-8-6-9-17(14-16)20(25)23-19-11-4-3-5-12-19/h3-6,8-9,11-12,14,18H,2,7,10,13,15H2,1H3,(H,22,26)(H,23,25)/t18-/m1/s1. The van der Waals surface area contributed by atoms with Gasteiger partial charge in [-0.2, -0.15) is 0 Å². The predicted octanol–water partition coefficient (Wildman–Crippen LogP) is 3.85. The van der Waals surface area contributed by atoms with Crippen LogP contribution in [0, 0.1) is 0 Å². The van der Waals surface area contributed by atoms with Gasteiger partial charge in [0, 0.05) is 36.8 Å². The van der Waals surface area contributed by atoms with E-state index in [9.17, 15) is 9.59 Å². The van der Waals surface area contributed by atoms with Gasteiger partial charge in [0.25, 0.3) is 5.91 Å². The number of carbonyl (C=O) groups excluding carboxylic acids is 2. The van der Waals surface area contributed by atoms with Crippen LogP contribution in [0.1, 0.15) is 41.6 Å². The van der Waals surface area contributed by atoms with Crippen LogP contribution in [0.25, 0.3) is 0 Å². The molecule has 26 heavy (non-hydrogen) atoms. The van der Waals surface area contributed by atoms with Crippen LogP contribution in [0.4, 0.5) is 10.5 Å². The molecular weight excluding hydrogens is 326 g/mol. The quantitative estimate of drug-likeness (QED) is 0.879. The molecule has 1 saturated heterocycles. The van der Waals surface area contributed by atoms with Crippen LogP contribution >= 0.6 is 0 Å². The van der Waals surface area contributed by atoms with Crippen molar-refractivity contribution in [2.75, 3.05) is 25.0 Å². The molecule has 1 aliphatic rings. The van der Waals surface area contributed by atoms with E-state index < -0.39 is 0 Å². The number of carbonyl (C=O) groups is 2. The van der Waals surface area contributed by atoms with Crippen LogP contribution in [0.2, 0.25) is 0 Å². The molecule has 1 aliphatic heterocycles. The molecule has 0 bridgehead atoms. The zero-order chi connectivity index (χ0) is 18.4. The molecule has 1 fully saturated rings. The molecule has 0 aliphatic carbocycles. The molecule has 2 aromatic carbocycles. The van der Waals surface area contributed by atoms with Crippen LogP contribution in [0.15, 0.2) is 54.6 Å². The van der Waals surface area contributed by atoms with Gasteiger partial charge >= 0.3 is 6.03 Å². The van der Waals surface area contributed by atoms with Gasteiger partial charge in [0.2, 0.25) is 0 Å². The lowest BCUT2D eigenvalue weighted by atomic mass is 9.89. The zero-order valence-electron chi connectivity index (χ0n) is 15.1. The Morgan fingerprint density at radius 3 is 2.69 bits per heavy atom. The summed E-state index contributed by atoms with van der Waals surface area (Å²) in [7, 11) is 0. The minimum Gasteiger partial charge on any atom is -0.338 e. The Kier molecular flexibility index (Phi) is 5.89. The van der Waals surface area contributed by atoms with E-state index in [1.807, 2.05) is 66.4 Å². The first-order chi connectivity index (χ1) is 12.7. The van der Waals surface area contributed by atoms with Gasteiger partial charge in [-0.1, -0.05) is 30.3 Å². The van der Waals surface area contributed by atoms with Crippen LogP contribution in [-0.2, 0) is 0 Å². The van der Waals surface area contributed by atoms with Crippen molar-refractivity contribution >= 4 is 17.6 Å². The highest BCUT2D eigenvalue weighted by molar-refractivity contribution is 6.04. The Morgan fingerprint density at radius 2 is 1.92 bits per heavy atom. The average molecular weight is 351 g/mol. The number of piperidine rings is 1. The monoisotopic (exact) mass is 351 g/mol. The Morgan fingerprint density at radius 1 is 1.12 bits per heavy atom. The van der Waals surface area contributed by atoms with Gasteiger partial charge in [0.1, 0.15) is 0 Å². The van der Waals surface area contributed by atoms with Gasteiger partial charge in [-0.05, 0) is 49.6 Å². The fraction of sp³-hybridized carbons (Fsp3) is 0.333. The number of likely N-dealkylation sites (tertiary alicyclic amines) is 1. The lowest BCUT2D eigenvalue weighted by Crippen LogP contribution is -2.44. The van der Waals surface area contributed by atoms with Gasteiger partial charge in [0.05, 0.1) is 0 Å². The molecule has 3 rings (SSSR count). The molecule has 3 amide bonds. The minimum absolute atomic E-state index is 0.00447. The van der Waals surface area contributed by atoms with Gasteiger partial charge in [-0.15, -0.1) is 0 Å². The second-order valence-electron chi connectivity index (χ2n) is 6.57. The Labute approximate surface area is 154 Å². The summed E-state index contributed by atoms with van der Waals surface area (Å²) in [6, 6.07) is 17.2. The second-order valence-corrected chi connectivity index (χ2v) is 6.57. The highest BCUT2D eigenvalue weighted by Crippen LogP contribution is 2.27. The van der Waals surface area contributed by atoms with E-state index in [4.69, 9.17) is 0 Å². The maximum Gasteiger partial charge on any atom is 0.317 e. The number of urea groups is 1. The van der Waals surface area contributed by atoms with E-state index in [2.05, 4.69) is 10.6 Å². The highest BCUT2D eigenvalue weighted by Gasteiger charge is 2.24. The van der Waals surface area contributed by atoms with Crippen molar-refractivity contribution in [3.8, 4) is 0 Å². The molecule has 0 radical (unpaired) electrons. The van der Waals surface area contributed by atoms with E-state index >= 15 is 0 Å². The van der Waals surface area contributed by atoms with Crippen molar-refractivity contribution in [2.24, 2.45) is 0 Å². The van der Waals surface area contributed by atoms with Crippen molar-refractivity contribution in [3.63, 3.8) is 0 Å². The van der Waals surface area contributed by atoms with Gasteiger partial charge in [-0.25, -0.2) is 4.79 Å². The van der Waals surface area contributed by atoms with E-state index in [-0.39, 0.29) is 17.9 Å². The first kappa shape index (κ1) is 18.0. The molecule has 2 aromatic rings. The first-order valence-corrected chi connectivity index (χ1v) is 9.16. The largest absolute Gasteiger partial charge is 0.338 e. The number of rotatable bonds is 4. The maximum atomic E-state index is 12.5. The molecule has 5 heteroatoms. The lowest BCUT2D eigenvalue weighted by molar-refractivity contribution is 0.102. The average Bonchev–Trinajstić information content (AvgIpc) is 2.69. The van der Waals surface area contributed by atoms with Crippen LogP contribution < -0.4 is 10.6 Å². The number of hydrogen-bond acceptors (Lipinski definition) is 2.